The van der Waals surface area contributed by atoms with E-state index in [1.165, 1.54) is 12.1 Å². The molecule has 1 aliphatic rings. The minimum absolute atomic E-state index is 0.166. The summed E-state index contributed by atoms with van der Waals surface area (Å²) in [6.07, 6.45) is 3.84. The molecular formula is C22H20FN3O2. The van der Waals surface area contributed by atoms with Crippen LogP contribution in [0.25, 0.3) is 0 Å². The Morgan fingerprint density at radius 2 is 2.07 bits per heavy atom. The molecule has 1 unspecified atom stereocenters. The highest BCUT2D eigenvalue weighted by atomic mass is 19.1. The fourth-order valence-electron chi connectivity index (χ4n) is 3.36. The van der Waals surface area contributed by atoms with E-state index in [2.05, 4.69) is 9.97 Å². The van der Waals surface area contributed by atoms with Crippen molar-refractivity contribution < 1.29 is 13.9 Å². The average Bonchev–Trinajstić information content (AvgIpc) is 2.73. The Labute approximate surface area is 162 Å². The van der Waals surface area contributed by atoms with Gasteiger partial charge in [-0.2, -0.15) is 0 Å². The Kier molecular flexibility index (Phi) is 5.02. The smallest absolute Gasteiger partial charge is 0.273 e. The second-order valence-corrected chi connectivity index (χ2v) is 6.90. The van der Waals surface area contributed by atoms with Crippen LogP contribution in [0.2, 0.25) is 0 Å². The van der Waals surface area contributed by atoms with Gasteiger partial charge in [-0.15, -0.1) is 0 Å². The molecule has 2 aromatic heterocycles. The number of ether oxygens (including phenoxy) is 1. The Morgan fingerprint density at radius 3 is 2.82 bits per heavy atom. The monoisotopic (exact) mass is 377 g/mol. The van der Waals surface area contributed by atoms with Gasteiger partial charge >= 0.3 is 0 Å². The summed E-state index contributed by atoms with van der Waals surface area (Å²) in [7, 11) is 0. The minimum atomic E-state index is -0.275. The molecule has 0 saturated heterocycles. The molecule has 1 aliphatic heterocycles. The van der Waals surface area contributed by atoms with Gasteiger partial charge in [0.1, 0.15) is 18.1 Å². The number of nitrogens with zero attached hydrogens (tertiary/aromatic N) is 3. The molecule has 1 amide bonds. The van der Waals surface area contributed by atoms with Gasteiger partial charge in [-0.05, 0) is 54.3 Å². The predicted octanol–water partition coefficient (Wildman–Crippen LogP) is 3.57. The molecule has 4 rings (SSSR count). The lowest BCUT2D eigenvalue weighted by Crippen LogP contribution is -2.47. The van der Waals surface area contributed by atoms with Gasteiger partial charge < -0.3 is 9.64 Å². The van der Waals surface area contributed by atoms with E-state index in [9.17, 15) is 9.18 Å². The highest BCUT2D eigenvalue weighted by Gasteiger charge is 2.31. The number of pyridine rings is 2. The lowest BCUT2D eigenvalue weighted by Gasteiger charge is -2.36. The van der Waals surface area contributed by atoms with E-state index in [4.69, 9.17) is 4.74 Å². The summed E-state index contributed by atoms with van der Waals surface area (Å²) in [6.45, 7) is 2.61. The van der Waals surface area contributed by atoms with Gasteiger partial charge in [-0.25, -0.2) is 9.37 Å². The Balaban J connectivity index is 1.59. The molecule has 0 spiro atoms. The van der Waals surface area contributed by atoms with E-state index >= 15 is 0 Å². The second kappa shape index (κ2) is 7.76. The summed E-state index contributed by atoms with van der Waals surface area (Å²) < 4.78 is 19.5. The first-order valence-corrected chi connectivity index (χ1v) is 9.15. The first-order chi connectivity index (χ1) is 13.6. The van der Waals surface area contributed by atoms with Gasteiger partial charge in [0.05, 0.1) is 6.04 Å². The number of hydrogen-bond donors (Lipinski definition) is 0. The van der Waals surface area contributed by atoms with E-state index in [-0.39, 0.29) is 24.4 Å². The average molecular weight is 377 g/mol. The van der Waals surface area contributed by atoms with Crippen LogP contribution in [-0.2, 0) is 13.0 Å². The molecular weight excluding hydrogens is 357 g/mol. The van der Waals surface area contributed by atoms with Gasteiger partial charge in [0.15, 0.2) is 0 Å². The molecule has 0 aliphatic carbocycles. The summed E-state index contributed by atoms with van der Waals surface area (Å²) in [4.78, 5) is 23.2. The Hall–Kier alpha value is -3.28. The summed E-state index contributed by atoms with van der Waals surface area (Å²) in [5, 5.41) is 0. The molecule has 0 bridgehead atoms. The molecule has 0 N–H and O–H groups in total. The van der Waals surface area contributed by atoms with Gasteiger partial charge in [-0.3, -0.25) is 9.78 Å². The minimum Gasteiger partial charge on any atom is -0.475 e. The lowest BCUT2D eigenvalue weighted by atomic mass is 9.93. The van der Waals surface area contributed by atoms with Crippen molar-refractivity contribution in [2.45, 2.75) is 25.9 Å². The molecule has 1 atom stereocenters. The normalized spacial score (nSPS) is 15.8. The third-order valence-corrected chi connectivity index (χ3v) is 4.86. The van der Waals surface area contributed by atoms with Crippen molar-refractivity contribution in [3.8, 4) is 5.88 Å². The first kappa shape index (κ1) is 18.1. The topological polar surface area (TPSA) is 55.3 Å². The number of carbonyl (C=O) groups is 1. The van der Waals surface area contributed by atoms with Crippen molar-refractivity contribution >= 4 is 5.91 Å². The molecule has 1 aromatic carbocycles. The van der Waals surface area contributed by atoms with E-state index in [1.807, 2.05) is 13.0 Å². The molecule has 3 heterocycles. The fraction of sp³-hybridized carbons (Fsp3) is 0.227. The SMILES string of the molecule is Cc1ccc(OCC2Cc3cc(F)ccc3CN2C(=O)c2ccccn2)nc1. The Morgan fingerprint density at radius 1 is 1.18 bits per heavy atom. The number of aromatic nitrogens is 2. The van der Waals surface area contributed by atoms with Crippen LogP contribution >= 0.6 is 0 Å². The third kappa shape index (κ3) is 3.86. The maximum atomic E-state index is 13.7. The summed E-state index contributed by atoms with van der Waals surface area (Å²) in [5.74, 6) is 0.0602. The number of fused-ring (bicyclic) bond motifs is 1. The molecule has 3 aromatic rings. The second-order valence-electron chi connectivity index (χ2n) is 6.90. The number of amides is 1. The van der Waals surface area contributed by atoms with E-state index in [1.54, 1.807) is 47.6 Å². The molecule has 142 valence electrons. The van der Waals surface area contributed by atoms with Crippen LogP contribution in [0.15, 0.2) is 60.9 Å². The van der Waals surface area contributed by atoms with Crippen molar-refractivity contribution in [1.29, 1.82) is 0 Å². The summed E-state index contributed by atoms with van der Waals surface area (Å²) in [5.41, 5.74) is 3.26. The number of halogens is 1. The van der Waals surface area contributed by atoms with E-state index in [0.29, 0.717) is 24.5 Å². The highest BCUT2D eigenvalue weighted by Crippen LogP contribution is 2.26. The van der Waals surface area contributed by atoms with Crippen molar-refractivity contribution in [1.82, 2.24) is 14.9 Å². The van der Waals surface area contributed by atoms with Crippen molar-refractivity contribution in [3.63, 3.8) is 0 Å². The number of benzene rings is 1. The van der Waals surface area contributed by atoms with E-state index in [0.717, 1.165) is 16.7 Å². The first-order valence-electron chi connectivity index (χ1n) is 9.15. The van der Waals surface area contributed by atoms with Gasteiger partial charge in [-0.1, -0.05) is 18.2 Å². The van der Waals surface area contributed by atoms with Crippen LogP contribution in [-0.4, -0.2) is 33.4 Å². The van der Waals surface area contributed by atoms with Gasteiger partial charge in [0, 0.05) is 25.0 Å². The maximum absolute atomic E-state index is 13.7. The zero-order valence-electron chi connectivity index (χ0n) is 15.5. The quantitative estimate of drug-likeness (QED) is 0.698. The molecule has 5 nitrogen and oxygen atoms in total. The summed E-state index contributed by atoms with van der Waals surface area (Å²) >= 11 is 0. The zero-order chi connectivity index (χ0) is 19.5. The van der Waals surface area contributed by atoms with Crippen LogP contribution in [0.1, 0.15) is 27.2 Å². The molecule has 6 heteroatoms. The number of aryl methyl sites for hydroxylation is 1. The van der Waals surface area contributed by atoms with Gasteiger partial charge in [0.2, 0.25) is 5.88 Å². The number of rotatable bonds is 4. The van der Waals surface area contributed by atoms with Crippen LogP contribution in [0.5, 0.6) is 5.88 Å². The van der Waals surface area contributed by atoms with Crippen LogP contribution < -0.4 is 4.74 Å². The van der Waals surface area contributed by atoms with Crippen LogP contribution in [0, 0.1) is 12.7 Å². The molecule has 0 fully saturated rings. The van der Waals surface area contributed by atoms with Crippen LogP contribution in [0.4, 0.5) is 4.39 Å². The largest absolute Gasteiger partial charge is 0.475 e. The fourth-order valence-corrected chi connectivity index (χ4v) is 3.36. The summed E-state index contributed by atoms with van der Waals surface area (Å²) in [6, 6.07) is 13.4. The maximum Gasteiger partial charge on any atom is 0.273 e. The number of carbonyl (C=O) groups excluding carboxylic acids is 1. The van der Waals surface area contributed by atoms with Crippen LogP contribution in [0.3, 0.4) is 0 Å². The molecule has 0 radical (unpaired) electrons. The molecule has 28 heavy (non-hydrogen) atoms. The lowest BCUT2D eigenvalue weighted by molar-refractivity contribution is 0.0556. The molecule has 0 saturated carbocycles. The standard InChI is InChI=1S/C22H20FN3O2/c1-15-5-8-21(25-12-15)28-14-19-11-17-10-18(23)7-6-16(17)13-26(19)22(27)20-4-2-3-9-24-20/h2-10,12,19H,11,13-14H2,1H3. The zero-order valence-corrected chi connectivity index (χ0v) is 15.5. The Bertz CT molecular complexity index is 977. The highest BCUT2D eigenvalue weighted by molar-refractivity contribution is 5.92. The van der Waals surface area contributed by atoms with Crippen molar-refractivity contribution in [2.24, 2.45) is 0 Å². The van der Waals surface area contributed by atoms with Crippen molar-refractivity contribution in [2.75, 3.05) is 6.61 Å². The third-order valence-electron chi connectivity index (χ3n) is 4.86. The number of hydrogen-bond acceptors (Lipinski definition) is 4. The van der Waals surface area contributed by atoms with Crippen molar-refractivity contribution in [3.05, 3.63) is 89.1 Å². The van der Waals surface area contributed by atoms with E-state index < -0.39 is 0 Å². The van der Waals surface area contributed by atoms with Gasteiger partial charge in [0.25, 0.3) is 5.91 Å². The predicted molar refractivity (Wildman–Crippen MR) is 102 cm³/mol.